The monoisotopic (exact) mass is 217 g/mol. The predicted octanol–water partition coefficient (Wildman–Crippen LogP) is 1.32. The van der Waals surface area contributed by atoms with Gasteiger partial charge in [0.05, 0.1) is 13.2 Å². The molecule has 0 bridgehead atoms. The predicted molar refractivity (Wildman–Crippen MR) is 52.0 cm³/mol. The molecular formula is C10H13F2NO2. The molecule has 0 fully saturated rings. The highest BCUT2D eigenvalue weighted by molar-refractivity contribution is 5.31. The average Bonchev–Trinajstić information content (AvgIpc) is 2.28. The third kappa shape index (κ3) is 2.64. The number of aliphatic hydroxyl groups excluding tert-OH is 1. The molecular weight excluding hydrogens is 204 g/mol. The number of aliphatic hydroxyl groups is 1. The van der Waals surface area contributed by atoms with Crippen LogP contribution in [0.1, 0.15) is 11.6 Å². The number of rotatable bonds is 4. The van der Waals surface area contributed by atoms with E-state index in [2.05, 4.69) is 0 Å². The molecule has 15 heavy (non-hydrogen) atoms. The van der Waals surface area contributed by atoms with Gasteiger partial charge in [0.1, 0.15) is 12.4 Å². The van der Waals surface area contributed by atoms with Crippen LogP contribution in [0.5, 0.6) is 5.75 Å². The Morgan fingerprint density at radius 1 is 1.53 bits per heavy atom. The molecule has 0 aliphatic carbocycles. The van der Waals surface area contributed by atoms with Crippen LogP contribution in [0.15, 0.2) is 24.3 Å². The van der Waals surface area contributed by atoms with Crippen LogP contribution >= 0.6 is 0 Å². The second kappa shape index (κ2) is 4.55. The zero-order valence-electron chi connectivity index (χ0n) is 8.28. The number of hydrogen-bond acceptors (Lipinski definition) is 3. The van der Waals surface area contributed by atoms with Gasteiger partial charge in [-0.3, -0.25) is 0 Å². The van der Waals surface area contributed by atoms with E-state index in [0.29, 0.717) is 5.75 Å². The standard InChI is InChI=1S/C10H13F2NO2/c1-15-8-4-2-3-7(5-8)9(13)10(11,12)6-14/h2-5,9,14H,6,13H2,1H3/t9-/m1/s1. The Morgan fingerprint density at radius 3 is 2.73 bits per heavy atom. The maximum Gasteiger partial charge on any atom is 0.289 e. The Morgan fingerprint density at radius 2 is 2.20 bits per heavy atom. The number of alkyl halides is 2. The Labute approximate surface area is 86.5 Å². The smallest absolute Gasteiger partial charge is 0.289 e. The van der Waals surface area contributed by atoms with E-state index in [0.717, 1.165) is 0 Å². The van der Waals surface area contributed by atoms with Gasteiger partial charge in [0.25, 0.3) is 5.92 Å². The maximum absolute atomic E-state index is 13.1. The van der Waals surface area contributed by atoms with Crippen molar-refractivity contribution in [2.75, 3.05) is 13.7 Å². The summed E-state index contributed by atoms with van der Waals surface area (Å²) in [4.78, 5) is 0. The van der Waals surface area contributed by atoms with Crippen molar-refractivity contribution in [1.29, 1.82) is 0 Å². The first kappa shape index (κ1) is 11.9. The summed E-state index contributed by atoms with van der Waals surface area (Å²) in [6, 6.07) is 4.57. The highest BCUT2D eigenvalue weighted by atomic mass is 19.3. The molecule has 0 amide bonds. The van der Waals surface area contributed by atoms with Crippen molar-refractivity contribution in [3.63, 3.8) is 0 Å². The minimum atomic E-state index is -3.33. The second-order valence-corrected chi connectivity index (χ2v) is 3.17. The number of hydrogen-bond donors (Lipinski definition) is 2. The van der Waals surface area contributed by atoms with Crippen molar-refractivity contribution in [1.82, 2.24) is 0 Å². The van der Waals surface area contributed by atoms with Crippen molar-refractivity contribution in [2.24, 2.45) is 5.73 Å². The van der Waals surface area contributed by atoms with E-state index in [1.165, 1.54) is 19.2 Å². The number of methoxy groups -OCH3 is 1. The molecule has 84 valence electrons. The first-order valence-electron chi connectivity index (χ1n) is 4.39. The molecule has 0 heterocycles. The fourth-order valence-electron chi connectivity index (χ4n) is 1.18. The third-order valence-electron chi connectivity index (χ3n) is 2.12. The Hall–Kier alpha value is -1.20. The van der Waals surface area contributed by atoms with Crippen molar-refractivity contribution in [3.8, 4) is 5.75 Å². The molecule has 3 nitrogen and oxygen atoms in total. The van der Waals surface area contributed by atoms with E-state index in [1.807, 2.05) is 0 Å². The van der Waals surface area contributed by atoms with Gasteiger partial charge in [-0.1, -0.05) is 12.1 Å². The average molecular weight is 217 g/mol. The second-order valence-electron chi connectivity index (χ2n) is 3.17. The van der Waals surface area contributed by atoms with Gasteiger partial charge in [-0.05, 0) is 17.7 Å². The molecule has 0 unspecified atom stereocenters. The van der Waals surface area contributed by atoms with Crippen molar-refractivity contribution in [2.45, 2.75) is 12.0 Å². The molecule has 1 atom stereocenters. The van der Waals surface area contributed by atoms with Gasteiger partial charge in [0.15, 0.2) is 0 Å². The van der Waals surface area contributed by atoms with Crippen LogP contribution in [-0.2, 0) is 0 Å². The number of halogens is 2. The lowest BCUT2D eigenvalue weighted by atomic mass is 10.0. The normalized spacial score (nSPS) is 13.7. The van der Waals surface area contributed by atoms with Gasteiger partial charge in [-0.25, -0.2) is 8.78 Å². The lowest BCUT2D eigenvalue weighted by Crippen LogP contribution is -2.36. The van der Waals surface area contributed by atoms with Crippen LogP contribution in [0.4, 0.5) is 8.78 Å². The van der Waals surface area contributed by atoms with Crippen LogP contribution in [0.2, 0.25) is 0 Å². The van der Waals surface area contributed by atoms with Crippen LogP contribution in [-0.4, -0.2) is 24.7 Å². The minimum Gasteiger partial charge on any atom is -0.497 e. The van der Waals surface area contributed by atoms with Crippen molar-refractivity contribution in [3.05, 3.63) is 29.8 Å². The number of nitrogens with two attached hydrogens (primary N) is 1. The van der Waals surface area contributed by atoms with Gasteiger partial charge in [-0.15, -0.1) is 0 Å². The SMILES string of the molecule is COc1cccc([C@@H](N)C(F)(F)CO)c1. The lowest BCUT2D eigenvalue weighted by molar-refractivity contribution is -0.0712. The zero-order chi connectivity index (χ0) is 11.5. The first-order chi connectivity index (χ1) is 7.01. The highest BCUT2D eigenvalue weighted by Gasteiger charge is 2.37. The molecule has 0 aromatic heterocycles. The van der Waals surface area contributed by atoms with Crippen molar-refractivity contribution < 1.29 is 18.6 Å². The molecule has 1 rings (SSSR count). The number of ether oxygens (including phenoxy) is 1. The molecule has 1 aromatic carbocycles. The third-order valence-corrected chi connectivity index (χ3v) is 2.12. The van der Waals surface area contributed by atoms with E-state index < -0.39 is 18.6 Å². The van der Waals surface area contributed by atoms with Gasteiger partial charge in [0, 0.05) is 0 Å². The summed E-state index contributed by atoms with van der Waals surface area (Å²) in [7, 11) is 1.44. The quantitative estimate of drug-likeness (QED) is 0.799. The summed E-state index contributed by atoms with van der Waals surface area (Å²) < 4.78 is 31.0. The van der Waals surface area contributed by atoms with Crippen LogP contribution in [0.3, 0.4) is 0 Å². The minimum absolute atomic E-state index is 0.230. The van der Waals surface area contributed by atoms with Crippen LogP contribution in [0.25, 0.3) is 0 Å². The molecule has 5 heteroatoms. The van der Waals surface area contributed by atoms with Gasteiger partial charge in [-0.2, -0.15) is 0 Å². The van der Waals surface area contributed by atoms with Crippen LogP contribution < -0.4 is 10.5 Å². The molecule has 0 spiro atoms. The molecule has 1 aromatic rings. The summed E-state index contributed by atoms with van der Waals surface area (Å²) in [5.41, 5.74) is 5.57. The van der Waals surface area contributed by atoms with Gasteiger partial charge < -0.3 is 15.6 Å². The van der Waals surface area contributed by atoms with E-state index in [9.17, 15) is 8.78 Å². The Bertz CT molecular complexity index is 331. The Kier molecular flexibility index (Phi) is 3.60. The molecule has 0 aliphatic heterocycles. The van der Waals surface area contributed by atoms with E-state index in [4.69, 9.17) is 15.6 Å². The van der Waals surface area contributed by atoms with Gasteiger partial charge in [0.2, 0.25) is 0 Å². The molecule has 3 N–H and O–H groups in total. The Balaban J connectivity index is 2.95. The summed E-state index contributed by atoms with van der Waals surface area (Å²) in [5, 5.41) is 8.49. The highest BCUT2D eigenvalue weighted by Crippen LogP contribution is 2.30. The van der Waals surface area contributed by atoms with E-state index in [1.54, 1.807) is 12.1 Å². The molecule has 0 aliphatic rings. The zero-order valence-corrected chi connectivity index (χ0v) is 8.28. The summed E-state index contributed by atoms with van der Waals surface area (Å²) >= 11 is 0. The largest absolute Gasteiger partial charge is 0.497 e. The molecule has 0 saturated heterocycles. The molecule has 0 radical (unpaired) electrons. The van der Waals surface area contributed by atoms with Crippen LogP contribution in [0, 0.1) is 0 Å². The lowest BCUT2D eigenvalue weighted by Gasteiger charge is -2.21. The fourth-order valence-corrected chi connectivity index (χ4v) is 1.18. The van der Waals surface area contributed by atoms with E-state index in [-0.39, 0.29) is 5.56 Å². The topological polar surface area (TPSA) is 55.5 Å². The summed E-state index contributed by atoms with van der Waals surface area (Å²) in [6.07, 6.45) is 0. The number of benzene rings is 1. The molecule has 0 saturated carbocycles. The summed E-state index contributed by atoms with van der Waals surface area (Å²) in [6.45, 7) is -1.27. The first-order valence-corrected chi connectivity index (χ1v) is 4.39. The summed E-state index contributed by atoms with van der Waals surface area (Å²) in [5.74, 6) is -2.87. The maximum atomic E-state index is 13.1. The van der Waals surface area contributed by atoms with Crippen molar-refractivity contribution >= 4 is 0 Å². The van der Waals surface area contributed by atoms with E-state index >= 15 is 0 Å². The van der Waals surface area contributed by atoms with Gasteiger partial charge >= 0.3 is 0 Å². The fraction of sp³-hybridized carbons (Fsp3) is 0.400.